The van der Waals surface area contributed by atoms with Crippen molar-refractivity contribution < 1.29 is 13.9 Å². The highest BCUT2D eigenvalue weighted by atomic mass is 19.1. The van der Waals surface area contributed by atoms with Crippen molar-refractivity contribution in [3.8, 4) is 11.1 Å². The van der Waals surface area contributed by atoms with Gasteiger partial charge in [0.15, 0.2) is 0 Å². The number of nitrogens with one attached hydrogen (secondary N) is 1. The van der Waals surface area contributed by atoms with Crippen LogP contribution in [-0.4, -0.2) is 42.6 Å². The van der Waals surface area contributed by atoms with Crippen molar-refractivity contribution in [1.82, 2.24) is 4.90 Å². The van der Waals surface area contributed by atoms with E-state index in [2.05, 4.69) is 10.2 Å². The number of hydrogen-bond donors (Lipinski definition) is 1. The van der Waals surface area contributed by atoms with Gasteiger partial charge in [-0.05, 0) is 67.6 Å². The van der Waals surface area contributed by atoms with Gasteiger partial charge in [-0.15, -0.1) is 0 Å². The molecule has 0 unspecified atom stereocenters. The minimum Gasteiger partial charge on any atom is -0.381 e. The molecule has 2 aliphatic rings. The first-order chi connectivity index (χ1) is 13.2. The second-order valence-corrected chi connectivity index (χ2v) is 7.32. The fraction of sp³-hybridized carbons (Fsp3) is 0.409. The predicted octanol–water partition coefficient (Wildman–Crippen LogP) is 4.07. The van der Waals surface area contributed by atoms with Gasteiger partial charge in [0.05, 0.1) is 6.04 Å². The molecule has 2 aliphatic heterocycles. The van der Waals surface area contributed by atoms with E-state index in [0.29, 0.717) is 6.04 Å². The quantitative estimate of drug-likeness (QED) is 0.884. The summed E-state index contributed by atoms with van der Waals surface area (Å²) in [6, 6.07) is 14.5. The van der Waals surface area contributed by atoms with Crippen molar-refractivity contribution in [2.45, 2.75) is 37.8 Å². The summed E-state index contributed by atoms with van der Waals surface area (Å²) in [6.45, 7) is 2.56. The van der Waals surface area contributed by atoms with Crippen LogP contribution in [0.3, 0.4) is 0 Å². The van der Waals surface area contributed by atoms with Gasteiger partial charge >= 0.3 is 0 Å². The summed E-state index contributed by atoms with van der Waals surface area (Å²) in [5.74, 6) is -0.184. The normalized spacial score (nSPS) is 21.3. The fourth-order valence-electron chi connectivity index (χ4n) is 4.16. The van der Waals surface area contributed by atoms with Crippen LogP contribution in [-0.2, 0) is 9.53 Å². The Bertz CT molecular complexity index is 787. The topological polar surface area (TPSA) is 41.6 Å². The summed E-state index contributed by atoms with van der Waals surface area (Å²) < 4.78 is 18.9. The van der Waals surface area contributed by atoms with Gasteiger partial charge in [-0.25, -0.2) is 4.39 Å². The van der Waals surface area contributed by atoms with E-state index in [0.717, 1.165) is 62.3 Å². The molecular formula is C22H25FN2O2. The van der Waals surface area contributed by atoms with E-state index in [1.54, 1.807) is 6.07 Å². The van der Waals surface area contributed by atoms with Gasteiger partial charge in [0.1, 0.15) is 5.82 Å². The summed E-state index contributed by atoms with van der Waals surface area (Å²) in [7, 11) is 0. The Morgan fingerprint density at radius 2 is 1.81 bits per heavy atom. The summed E-state index contributed by atoms with van der Waals surface area (Å²) in [6.07, 6.45) is 3.98. The van der Waals surface area contributed by atoms with Crippen LogP contribution in [0.4, 0.5) is 10.1 Å². The van der Waals surface area contributed by atoms with Gasteiger partial charge in [0.25, 0.3) is 0 Å². The molecule has 2 fully saturated rings. The van der Waals surface area contributed by atoms with Gasteiger partial charge in [0.2, 0.25) is 5.91 Å². The Labute approximate surface area is 159 Å². The third-order valence-corrected chi connectivity index (χ3v) is 5.57. The molecule has 0 spiro atoms. The highest BCUT2D eigenvalue weighted by Crippen LogP contribution is 2.27. The number of nitrogens with zero attached hydrogens (tertiary/aromatic N) is 1. The van der Waals surface area contributed by atoms with Crippen molar-refractivity contribution in [1.29, 1.82) is 0 Å². The van der Waals surface area contributed by atoms with E-state index in [1.807, 2.05) is 30.3 Å². The van der Waals surface area contributed by atoms with E-state index >= 15 is 0 Å². The Kier molecular flexibility index (Phi) is 5.50. The third kappa shape index (κ3) is 4.20. The number of halogens is 1. The van der Waals surface area contributed by atoms with E-state index < -0.39 is 0 Å². The molecular weight excluding hydrogens is 343 g/mol. The lowest BCUT2D eigenvalue weighted by atomic mass is 10.0. The summed E-state index contributed by atoms with van der Waals surface area (Å²) in [4.78, 5) is 15.2. The van der Waals surface area contributed by atoms with Gasteiger partial charge in [-0.2, -0.15) is 0 Å². The molecule has 5 heteroatoms. The van der Waals surface area contributed by atoms with Gasteiger partial charge in [-0.1, -0.05) is 24.3 Å². The van der Waals surface area contributed by atoms with Crippen LogP contribution in [0.15, 0.2) is 48.5 Å². The number of anilines is 1. The maximum atomic E-state index is 13.4. The predicted molar refractivity (Wildman–Crippen MR) is 104 cm³/mol. The van der Waals surface area contributed by atoms with Crippen LogP contribution >= 0.6 is 0 Å². The molecule has 0 aliphatic carbocycles. The summed E-state index contributed by atoms with van der Waals surface area (Å²) in [5, 5.41) is 3.06. The number of ether oxygens (including phenoxy) is 1. The minimum absolute atomic E-state index is 0.0593. The average molecular weight is 368 g/mol. The van der Waals surface area contributed by atoms with Gasteiger partial charge in [0, 0.05) is 24.9 Å². The molecule has 1 amide bonds. The lowest BCUT2D eigenvalue weighted by Gasteiger charge is -2.34. The smallest absolute Gasteiger partial charge is 0.241 e. The van der Waals surface area contributed by atoms with Crippen LogP contribution in [0.25, 0.3) is 11.1 Å². The molecule has 1 N–H and O–H groups in total. The average Bonchev–Trinajstić information content (AvgIpc) is 3.19. The van der Waals surface area contributed by atoms with E-state index in [9.17, 15) is 9.18 Å². The number of rotatable bonds is 4. The third-order valence-electron chi connectivity index (χ3n) is 5.57. The summed E-state index contributed by atoms with van der Waals surface area (Å²) in [5.41, 5.74) is 2.53. The lowest BCUT2D eigenvalue weighted by molar-refractivity contribution is -0.121. The standard InChI is InChI=1S/C22H25FN2O2/c23-18-4-1-3-17(15-18)16-6-8-19(9-7-16)24-22(26)21-5-2-12-25(21)20-10-13-27-14-11-20/h1,3-4,6-9,15,20-21H,2,5,10-14H2,(H,24,26)/t21-/m1/s1. The monoisotopic (exact) mass is 368 g/mol. The Balaban J connectivity index is 1.41. The number of amides is 1. The van der Waals surface area contributed by atoms with Crippen molar-refractivity contribution >= 4 is 11.6 Å². The Morgan fingerprint density at radius 3 is 2.56 bits per heavy atom. The SMILES string of the molecule is O=C(Nc1ccc(-c2cccc(F)c2)cc1)[C@H]1CCCN1C1CCOCC1. The highest BCUT2D eigenvalue weighted by Gasteiger charge is 2.35. The summed E-state index contributed by atoms with van der Waals surface area (Å²) >= 11 is 0. The number of carbonyl (C=O) groups excluding carboxylic acids is 1. The number of carbonyl (C=O) groups is 1. The first kappa shape index (κ1) is 18.1. The second-order valence-electron chi connectivity index (χ2n) is 7.32. The first-order valence-corrected chi connectivity index (χ1v) is 9.71. The van der Waals surface area contributed by atoms with Crippen LogP contribution in [0.5, 0.6) is 0 Å². The zero-order chi connectivity index (χ0) is 18.6. The van der Waals surface area contributed by atoms with E-state index in [-0.39, 0.29) is 17.8 Å². The van der Waals surface area contributed by atoms with Crippen molar-refractivity contribution in [2.75, 3.05) is 25.1 Å². The maximum absolute atomic E-state index is 13.4. The maximum Gasteiger partial charge on any atom is 0.241 e. The molecule has 2 saturated heterocycles. The van der Waals surface area contributed by atoms with Crippen molar-refractivity contribution in [3.63, 3.8) is 0 Å². The second kappa shape index (κ2) is 8.19. The Hall–Kier alpha value is -2.24. The van der Waals surface area contributed by atoms with Crippen LogP contribution < -0.4 is 5.32 Å². The molecule has 0 radical (unpaired) electrons. The first-order valence-electron chi connectivity index (χ1n) is 9.71. The van der Waals surface area contributed by atoms with Crippen LogP contribution in [0, 0.1) is 5.82 Å². The van der Waals surface area contributed by atoms with E-state index in [4.69, 9.17) is 4.74 Å². The van der Waals surface area contributed by atoms with E-state index in [1.165, 1.54) is 12.1 Å². The molecule has 0 saturated carbocycles. The molecule has 27 heavy (non-hydrogen) atoms. The molecule has 1 atom stereocenters. The zero-order valence-corrected chi connectivity index (χ0v) is 15.4. The number of likely N-dealkylation sites (tertiary alicyclic amines) is 1. The molecule has 2 heterocycles. The largest absolute Gasteiger partial charge is 0.381 e. The molecule has 2 aromatic rings. The molecule has 2 aromatic carbocycles. The molecule has 0 aromatic heterocycles. The molecule has 4 rings (SSSR count). The molecule has 142 valence electrons. The van der Waals surface area contributed by atoms with Crippen LogP contribution in [0.2, 0.25) is 0 Å². The minimum atomic E-state index is -0.251. The molecule has 0 bridgehead atoms. The highest BCUT2D eigenvalue weighted by molar-refractivity contribution is 5.95. The van der Waals surface area contributed by atoms with Crippen molar-refractivity contribution in [2.24, 2.45) is 0 Å². The number of hydrogen-bond acceptors (Lipinski definition) is 3. The number of benzene rings is 2. The lowest BCUT2D eigenvalue weighted by Crippen LogP contribution is -2.47. The van der Waals surface area contributed by atoms with Crippen LogP contribution in [0.1, 0.15) is 25.7 Å². The Morgan fingerprint density at radius 1 is 1.04 bits per heavy atom. The van der Waals surface area contributed by atoms with Gasteiger partial charge in [-0.3, -0.25) is 9.69 Å². The zero-order valence-electron chi connectivity index (χ0n) is 15.4. The van der Waals surface area contributed by atoms with Gasteiger partial charge < -0.3 is 10.1 Å². The fourth-order valence-corrected chi connectivity index (χ4v) is 4.16. The molecule has 4 nitrogen and oxygen atoms in total. The van der Waals surface area contributed by atoms with Crippen molar-refractivity contribution in [3.05, 3.63) is 54.3 Å².